The number of hydrogen-bond acceptors (Lipinski definition) is 7. The molecule has 0 radical (unpaired) electrons. The zero-order chi connectivity index (χ0) is 21.3. The van der Waals surface area contributed by atoms with E-state index in [0.29, 0.717) is 10.6 Å². The van der Waals surface area contributed by atoms with Gasteiger partial charge in [-0.3, -0.25) is 4.79 Å². The number of thiophene rings is 1. The number of carbonyl (C=O) groups excluding carboxylic acids is 2. The van der Waals surface area contributed by atoms with Gasteiger partial charge in [0.05, 0.1) is 18.2 Å². The molecule has 1 amide bonds. The van der Waals surface area contributed by atoms with Crippen LogP contribution in [-0.4, -0.2) is 53.2 Å². The van der Waals surface area contributed by atoms with Crippen molar-refractivity contribution in [2.24, 2.45) is 0 Å². The maximum absolute atomic E-state index is 12.4. The minimum atomic E-state index is -1.82. The van der Waals surface area contributed by atoms with Gasteiger partial charge in [-0.05, 0) is 51.6 Å². The van der Waals surface area contributed by atoms with Crippen LogP contribution in [0.15, 0.2) is 0 Å². The SMILES string of the molecule is CCNCC(=O)Nc1sc2c(c1C(=O)OC(C)C)CCCC2.O=C(O)C(=O)O. The largest absolute Gasteiger partial charge is 0.473 e. The predicted octanol–water partition coefficient (Wildman–Crippen LogP) is 1.90. The quantitative estimate of drug-likeness (QED) is 0.408. The topological polar surface area (TPSA) is 142 Å². The summed E-state index contributed by atoms with van der Waals surface area (Å²) in [5, 5.41) is 21.3. The van der Waals surface area contributed by atoms with Crippen molar-refractivity contribution in [1.29, 1.82) is 0 Å². The van der Waals surface area contributed by atoms with E-state index in [2.05, 4.69) is 10.6 Å². The molecule has 0 saturated heterocycles. The van der Waals surface area contributed by atoms with Crippen LogP contribution in [0.5, 0.6) is 0 Å². The second kappa shape index (κ2) is 11.4. The number of aryl methyl sites for hydroxylation is 1. The second-order valence-electron chi connectivity index (χ2n) is 6.31. The summed E-state index contributed by atoms with van der Waals surface area (Å²) in [7, 11) is 0. The number of carboxylic acid groups (broad SMARTS) is 2. The molecule has 0 spiro atoms. The number of anilines is 1. The van der Waals surface area contributed by atoms with Gasteiger partial charge < -0.3 is 25.6 Å². The Morgan fingerprint density at radius 2 is 1.71 bits per heavy atom. The first kappa shape index (κ1) is 23.6. The van der Waals surface area contributed by atoms with E-state index in [1.54, 1.807) is 0 Å². The Morgan fingerprint density at radius 1 is 1.11 bits per heavy atom. The summed E-state index contributed by atoms with van der Waals surface area (Å²) in [4.78, 5) is 43.8. The lowest BCUT2D eigenvalue weighted by atomic mass is 9.95. The number of hydrogen-bond donors (Lipinski definition) is 4. The summed E-state index contributed by atoms with van der Waals surface area (Å²) in [5.41, 5.74) is 1.64. The van der Waals surface area contributed by atoms with E-state index in [9.17, 15) is 9.59 Å². The number of likely N-dealkylation sites (N-methyl/N-ethyl adjacent to an activating group) is 1. The fourth-order valence-electron chi connectivity index (χ4n) is 2.55. The number of aliphatic carboxylic acids is 2. The monoisotopic (exact) mass is 414 g/mol. The molecule has 1 aromatic heterocycles. The van der Waals surface area contributed by atoms with Gasteiger partial charge in [-0.2, -0.15) is 0 Å². The highest BCUT2D eigenvalue weighted by Crippen LogP contribution is 2.38. The Labute approximate surface area is 167 Å². The van der Waals surface area contributed by atoms with E-state index in [0.717, 1.165) is 37.8 Å². The molecule has 28 heavy (non-hydrogen) atoms. The van der Waals surface area contributed by atoms with Gasteiger partial charge in [-0.1, -0.05) is 6.92 Å². The fourth-order valence-corrected chi connectivity index (χ4v) is 3.85. The summed E-state index contributed by atoms with van der Waals surface area (Å²) < 4.78 is 5.36. The van der Waals surface area contributed by atoms with Crippen molar-refractivity contribution < 1.29 is 34.1 Å². The van der Waals surface area contributed by atoms with E-state index in [1.807, 2.05) is 20.8 Å². The molecular formula is C18H26N2O7S. The van der Waals surface area contributed by atoms with E-state index in [4.69, 9.17) is 24.5 Å². The molecule has 0 saturated carbocycles. The van der Waals surface area contributed by atoms with Gasteiger partial charge in [0.1, 0.15) is 5.00 Å². The third-order valence-electron chi connectivity index (χ3n) is 3.69. The van der Waals surface area contributed by atoms with Crippen molar-refractivity contribution in [1.82, 2.24) is 5.32 Å². The third kappa shape index (κ3) is 7.28. The number of carboxylic acids is 2. The first-order valence-corrected chi connectivity index (χ1v) is 9.81. The van der Waals surface area contributed by atoms with Crippen LogP contribution in [-0.2, 0) is 32.0 Å². The van der Waals surface area contributed by atoms with Gasteiger partial charge in [0, 0.05) is 4.88 Å². The van der Waals surface area contributed by atoms with Gasteiger partial charge in [-0.15, -0.1) is 11.3 Å². The molecule has 10 heteroatoms. The molecule has 0 bridgehead atoms. The molecule has 0 unspecified atom stereocenters. The Morgan fingerprint density at radius 3 is 2.25 bits per heavy atom. The number of esters is 1. The third-order valence-corrected chi connectivity index (χ3v) is 4.90. The molecule has 0 atom stereocenters. The zero-order valence-corrected chi connectivity index (χ0v) is 17.0. The van der Waals surface area contributed by atoms with E-state index in [1.165, 1.54) is 16.2 Å². The van der Waals surface area contributed by atoms with Crippen LogP contribution in [0.1, 0.15) is 54.4 Å². The molecule has 1 aliphatic carbocycles. The first-order chi connectivity index (χ1) is 13.2. The maximum Gasteiger partial charge on any atom is 0.414 e. The molecular weight excluding hydrogens is 388 g/mol. The van der Waals surface area contributed by atoms with Crippen LogP contribution >= 0.6 is 11.3 Å². The molecule has 9 nitrogen and oxygen atoms in total. The summed E-state index contributed by atoms with van der Waals surface area (Å²) in [6, 6.07) is 0. The lowest BCUT2D eigenvalue weighted by molar-refractivity contribution is -0.159. The average Bonchev–Trinajstić information content (AvgIpc) is 2.97. The molecule has 1 aliphatic rings. The minimum absolute atomic E-state index is 0.126. The molecule has 1 heterocycles. The fraction of sp³-hybridized carbons (Fsp3) is 0.556. The minimum Gasteiger partial charge on any atom is -0.473 e. The normalized spacial score (nSPS) is 12.4. The number of carbonyl (C=O) groups is 4. The molecule has 2 rings (SSSR count). The number of fused-ring (bicyclic) bond motifs is 1. The number of ether oxygens (including phenoxy) is 1. The van der Waals surface area contributed by atoms with Crippen molar-refractivity contribution in [3.63, 3.8) is 0 Å². The zero-order valence-electron chi connectivity index (χ0n) is 16.2. The van der Waals surface area contributed by atoms with E-state index >= 15 is 0 Å². The van der Waals surface area contributed by atoms with Crippen LogP contribution < -0.4 is 10.6 Å². The van der Waals surface area contributed by atoms with Crippen molar-refractivity contribution in [2.75, 3.05) is 18.4 Å². The number of nitrogens with one attached hydrogen (secondary N) is 2. The van der Waals surface area contributed by atoms with Crippen LogP contribution in [0.4, 0.5) is 5.00 Å². The van der Waals surface area contributed by atoms with Gasteiger partial charge in [0.2, 0.25) is 5.91 Å². The lowest BCUT2D eigenvalue weighted by Gasteiger charge is -2.14. The van der Waals surface area contributed by atoms with Crippen LogP contribution in [0, 0.1) is 0 Å². The summed E-state index contributed by atoms with van der Waals surface area (Å²) in [5.74, 6) is -4.10. The maximum atomic E-state index is 12.4. The van der Waals surface area contributed by atoms with Crippen molar-refractivity contribution >= 4 is 40.2 Å². The van der Waals surface area contributed by atoms with Gasteiger partial charge in [0.25, 0.3) is 0 Å². The molecule has 0 aliphatic heterocycles. The Kier molecular flexibility index (Phi) is 9.60. The predicted molar refractivity (Wildman–Crippen MR) is 104 cm³/mol. The number of amides is 1. The Balaban J connectivity index is 0.000000568. The lowest BCUT2D eigenvalue weighted by Crippen LogP contribution is -2.28. The number of rotatable bonds is 6. The van der Waals surface area contributed by atoms with E-state index in [-0.39, 0.29) is 24.5 Å². The van der Waals surface area contributed by atoms with Crippen molar-refractivity contribution in [3.05, 3.63) is 16.0 Å². The van der Waals surface area contributed by atoms with Crippen molar-refractivity contribution in [2.45, 2.75) is 52.6 Å². The van der Waals surface area contributed by atoms with Crippen LogP contribution in [0.25, 0.3) is 0 Å². The summed E-state index contributed by atoms with van der Waals surface area (Å²) >= 11 is 1.52. The van der Waals surface area contributed by atoms with Crippen LogP contribution in [0.2, 0.25) is 0 Å². The summed E-state index contributed by atoms with van der Waals surface area (Å²) in [6.45, 7) is 6.59. The molecule has 156 valence electrons. The van der Waals surface area contributed by atoms with Gasteiger partial charge >= 0.3 is 17.9 Å². The molecule has 0 aromatic carbocycles. The Bertz CT molecular complexity index is 716. The van der Waals surface area contributed by atoms with Gasteiger partial charge in [0.15, 0.2) is 0 Å². The Hall–Kier alpha value is -2.46. The molecule has 1 aromatic rings. The first-order valence-electron chi connectivity index (χ1n) is 8.99. The van der Waals surface area contributed by atoms with Crippen LogP contribution in [0.3, 0.4) is 0 Å². The highest BCUT2D eigenvalue weighted by molar-refractivity contribution is 7.17. The smallest absolute Gasteiger partial charge is 0.414 e. The summed E-state index contributed by atoms with van der Waals surface area (Å²) in [6.07, 6.45) is 3.91. The standard InChI is InChI=1S/C16H24N2O3S.C2H2O4/c1-4-17-9-13(19)18-15-14(16(20)21-10(2)3)11-7-5-6-8-12(11)22-15;3-1(4)2(5)6/h10,17H,4-9H2,1-3H3,(H,18,19);(H,3,4)(H,5,6). The second-order valence-corrected chi connectivity index (χ2v) is 7.41. The van der Waals surface area contributed by atoms with E-state index < -0.39 is 11.9 Å². The average molecular weight is 414 g/mol. The highest BCUT2D eigenvalue weighted by atomic mass is 32.1. The molecule has 4 N–H and O–H groups in total. The highest BCUT2D eigenvalue weighted by Gasteiger charge is 2.27. The van der Waals surface area contributed by atoms with Crippen molar-refractivity contribution in [3.8, 4) is 0 Å². The van der Waals surface area contributed by atoms with Gasteiger partial charge in [-0.25, -0.2) is 14.4 Å². The molecule has 0 fully saturated rings.